The van der Waals surface area contributed by atoms with Crippen molar-refractivity contribution in [3.8, 4) is 0 Å². The minimum absolute atomic E-state index is 0.536. The molecule has 1 unspecified atom stereocenters. The van der Waals surface area contributed by atoms with Gasteiger partial charge in [0.15, 0.2) is 0 Å². The van der Waals surface area contributed by atoms with Gasteiger partial charge >= 0.3 is 0 Å². The second-order valence-electron chi connectivity index (χ2n) is 3.26. The van der Waals surface area contributed by atoms with Crippen molar-refractivity contribution < 1.29 is 0 Å². The van der Waals surface area contributed by atoms with Crippen LogP contribution < -0.4 is 0 Å². The Morgan fingerprint density at radius 3 is 2.43 bits per heavy atom. The molecule has 1 aliphatic heterocycles. The van der Waals surface area contributed by atoms with Crippen molar-refractivity contribution in [1.29, 1.82) is 0 Å². The molecule has 0 radical (unpaired) electrons. The molecule has 1 aliphatic rings. The van der Waals surface area contributed by atoms with Crippen LogP contribution in [0.2, 0.25) is 0 Å². The molecule has 0 saturated carbocycles. The molecule has 0 spiro atoms. The van der Waals surface area contributed by atoms with E-state index in [1.165, 1.54) is 11.1 Å². The van der Waals surface area contributed by atoms with Gasteiger partial charge in [-0.3, -0.25) is 4.90 Å². The molecule has 0 aliphatic carbocycles. The Balaban J connectivity index is 0.000000791. The summed E-state index contributed by atoms with van der Waals surface area (Å²) in [5.41, 5.74) is 2.85. The van der Waals surface area contributed by atoms with Crippen molar-refractivity contribution in [2.24, 2.45) is 0 Å². The first kappa shape index (κ1) is 13.2. The van der Waals surface area contributed by atoms with Crippen LogP contribution in [0.1, 0.15) is 27.7 Å². The fourth-order valence-corrected chi connectivity index (χ4v) is 1.63. The molecule has 1 heterocycles. The van der Waals surface area contributed by atoms with E-state index in [1.807, 2.05) is 19.9 Å². The first-order valence-corrected chi connectivity index (χ1v) is 5.39. The van der Waals surface area contributed by atoms with Crippen LogP contribution in [0.3, 0.4) is 0 Å². The fourth-order valence-electron chi connectivity index (χ4n) is 1.63. The standard InChI is InChI=1S/C11H17N.C2H6/c1-5-7-11-9(3)12(4)8-10(11)6-2;1-2/h5-7,9H,1,8H2,2-4H3;1-2H3/b10-6-,11-7-;. The molecule has 1 saturated heterocycles. The van der Waals surface area contributed by atoms with Gasteiger partial charge in [-0.1, -0.05) is 38.7 Å². The highest BCUT2D eigenvalue weighted by molar-refractivity contribution is 5.41. The lowest BCUT2D eigenvalue weighted by atomic mass is 10.0. The highest BCUT2D eigenvalue weighted by atomic mass is 15.1. The highest BCUT2D eigenvalue weighted by Crippen LogP contribution is 2.26. The van der Waals surface area contributed by atoms with Crippen molar-refractivity contribution in [3.63, 3.8) is 0 Å². The lowest BCUT2D eigenvalue weighted by molar-refractivity contribution is 0.354. The maximum Gasteiger partial charge on any atom is 0.0323 e. The summed E-state index contributed by atoms with van der Waals surface area (Å²) in [5, 5.41) is 0. The maximum atomic E-state index is 3.73. The van der Waals surface area contributed by atoms with Gasteiger partial charge in [-0.15, -0.1) is 0 Å². The Morgan fingerprint density at radius 1 is 1.43 bits per heavy atom. The van der Waals surface area contributed by atoms with E-state index in [2.05, 4.69) is 44.5 Å². The summed E-state index contributed by atoms with van der Waals surface area (Å²) in [6.07, 6.45) is 6.17. The van der Waals surface area contributed by atoms with E-state index in [4.69, 9.17) is 0 Å². The van der Waals surface area contributed by atoms with Crippen LogP contribution in [0.25, 0.3) is 0 Å². The predicted molar refractivity (Wildman–Crippen MR) is 65.5 cm³/mol. The zero-order chi connectivity index (χ0) is 11.1. The smallest absolute Gasteiger partial charge is 0.0323 e. The molecule has 0 N–H and O–H groups in total. The summed E-state index contributed by atoms with van der Waals surface area (Å²) in [6, 6.07) is 0.536. The number of likely N-dealkylation sites (tertiary alicyclic amines) is 1. The topological polar surface area (TPSA) is 3.24 Å². The molecule has 1 heteroatoms. The average molecular weight is 193 g/mol. The monoisotopic (exact) mass is 193 g/mol. The molecule has 0 aromatic carbocycles. The van der Waals surface area contributed by atoms with E-state index in [9.17, 15) is 0 Å². The largest absolute Gasteiger partial charge is 0.295 e. The summed E-state index contributed by atoms with van der Waals surface area (Å²) in [4.78, 5) is 2.34. The molecule has 1 rings (SSSR count). The van der Waals surface area contributed by atoms with Crippen molar-refractivity contribution >= 4 is 0 Å². The Hall–Kier alpha value is -0.820. The molecule has 1 fully saturated rings. The molecule has 1 atom stereocenters. The van der Waals surface area contributed by atoms with Crippen LogP contribution in [0.15, 0.2) is 36.0 Å². The number of likely N-dealkylation sites (N-methyl/N-ethyl adjacent to an activating group) is 1. The van der Waals surface area contributed by atoms with Crippen molar-refractivity contribution in [2.45, 2.75) is 33.7 Å². The number of rotatable bonds is 1. The molecule has 14 heavy (non-hydrogen) atoms. The third kappa shape index (κ3) is 2.85. The second kappa shape index (κ2) is 6.61. The minimum Gasteiger partial charge on any atom is -0.295 e. The number of hydrogen-bond donors (Lipinski definition) is 0. The number of allylic oxidation sites excluding steroid dienone is 3. The van der Waals surface area contributed by atoms with E-state index in [1.54, 1.807) is 0 Å². The Bertz CT molecular complexity index is 236. The van der Waals surface area contributed by atoms with Gasteiger partial charge in [0.1, 0.15) is 0 Å². The average Bonchev–Trinajstić information content (AvgIpc) is 2.49. The van der Waals surface area contributed by atoms with E-state index in [0.717, 1.165) is 6.54 Å². The van der Waals surface area contributed by atoms with Gasteiger partial charge in [-0.05, 0) is 32.0 Å². The molecule has 0 aromatic heterocycles. The zero-order valence-corrected chi connectivity index (χ0v) is 10.2. The van der Waals surface area contributed by atoms with Crippen LogP contribution in [0.5, 0.6) is 0 Å². The summed E-state index contributed by atoms with van der Waals surface area (Å²) >= 11 is 0. The van der Waals surface area contributed by atoms with Gasteiger partial charge in [0, 0.05) is 12.6 Å². The lowest BCUT2D eigenvalue weighted by Crippen LogP contribution is -2.22. The third-order valence-electron chi connectivity index (χ3n) is 2.55. The van der Waals surface area contributed by atoms with E-state index < -0.39 is 0 Å². The highest BCUT2D eigenvalue weighted by Gasteiger charge is 2.24. The van der Waals surface area contributed by atoms with Crippen molar-refractivity contribution in [2.75, 3.05) is 13.6 Å². The van der Waals surface area contributed by atoms with Crippen LogP contribution in [0.4, 0.5) is 0 Å². The fraction of sp³-hybridized carbons (Fsp3) is 0.538. The Morgan fingerprint density at radius 2 is 2.00 bits per heavy atom. The number of nitrogens with zero attached hydrogens (tertiary/aromatic N) is 1. The van der Waals surface area contributed by atoms with Crippen LogP contribution in [0, 0.1) is 0 Å². The lowest BCUT2D eigenvalue weighted by Gasteiger charge is -2.13. The van der Waals surface area contributed by atoms with Crippen LogP contribution in [-0.4, -0.2) is 24.5 Å². The molecule has 0 aromatic rings. The Labute approximate surface area is 88.8 Å². The summed E-state index contributed by atoms with van der Waals surface area (Å²) in [5.74, 6) is 0. The molecular formula is C13H23N. The van der Waals surface area contributed by atoms with Gasteiger partial charge in [0.2, 0.25) is 0 Å². The van der Waals surface area contributed by atoms with E-state index >= 15 is 0 Å². The summed E-state index contributed by atoms with van der Waals surface area (Å²) < 4.78 is 0. The normalized spacial score (nSPS) is 27.6. The molecule has 0 amide bonds. The summed E-state index contributed by atoms with van der Waals surface area (Å²) in [6.45, 7) is 13.1. The second-order valence-corrected chi connectivity index (χ2v) is 3.26. The van der Waals surface area contributed by atoms with Crippen molar-refractivity contribution in [1.82, 2.24) is 4.90 Å². The van der Waals surface area contributed by atoms with Crippen molar-refractivity contribution in [3.05, 3.63) is 36.0 Å². The van der Waals surface area contributed by atoms with E-state index in [-0.39, 0.29) is 0 Å². The third-order valence-corrected chi connectivity index (χ3v) is 2.55. The van der Waals surface area contributed by atoms with Gasteiger partial charge in [0.05, 0.1) is 0 Å². The SMILES string of the molecule is C=C/C=C1\C(=C/C)CN(C)C1C.CC. The van der Waals surface area contributed by atoms with Gasteiger partial charge in [-0.2, -0.15) is 0 Å². The summed E-state index contributed by atoms with van der Waals surface area (Å²) in [7, 11) is 2.15. The van der Waals surface area contributed by atoms with E-state index in [0.29, 0.717) is 6.04 Å². The number of hydrogen-bond acceptors (Lipinski definition) is 1. The molecule has 80 valence electrons. The molecule has 0 bridgehead atoms. The quantitative estimate of drug-likeness (QED) is 0.617. The van der Waals surface area contributed by atoms with Crippen LogP contribution >= 0.6 is 0 Å². The predicted octanol–water partition coefficient (Wildman–Crippen LogP) is 3.41. The molecule has 1 nitrogen and oxygen atoms in total. The Kier molecular flexibility index (Phi) is 6.22. The zero-order valence-electron chi connectivity index (χ0n) is 10.2. The van der Waals surface area contributed by atoms with Gasteiger partial charge in [0.25, 0.3) is 0 Å². The minimum atomic E-state index is 0.536. The van der Waals surface area contributed by atoms with Crippen LogP contribution in [-0.2, 0) is 0 Å². The van der Waals surface area contributed by atoms with Gasteiger partial charge in [-0.25, -0.2) is 0 Å². The maximum absolute atomic E-state index is 3.73. The first-order chi connectivity index (χ1) is 6.70. The van der Waals surface area contributed by atoms with Gasteiger partial charge < -0.3 is 0 Å². The molecular weight excluding hydrogens is 170 g/mol. The first-order valence-electron chi connectivity index (χ1n) is 5.39.